The molecule has 5 atom stereocenters. The minimum atomic E-state index is -1.05. The van der Waals surface area contributed by atoms with Crippen LogP contribution in [0.5, 0.6) is 0 Å². The number of aromatic nitrogens is 1. The number of pyridine rings is 1. The quantitative estimate of drug-likeness (QED) is 0.536. The first-order valence-corrected chi connectivity index (χ1v) is 13.7. The zero-order valence-corrected chi connectivity index (χ0v) is 22.1. The number of benzene rings is 1. The van der Waals surface area contributed by atoms with Crippen molar-refractivity contribution in [3.8, 4) is 11.8 Å². The van der Waals surface area contributed by atoms with E-state index in [1.807, 2.05) is 24.3 Å². The summed E-state index contributed by atoms with van der Waals surface area (Å²) >= 11 is 0. The molecule has 1 N–H and O–H groups in total. The van der Waals surface area contributed by atoms with Gasteiger partial charge in [0.15, 0.2) is 5.78 Å². The summed E-state index contributed by atoms with van der Waals surface area (Å²) in [6, 6.07) is 14.7. The van der Waals surface area contributed by atoms with Crippen molar-refractivity contribution < 1.29 is 9.90 Å². The molecule has 37 heavy (non-hydrogen) atoms. The highest BCUT2D eigenvalue weighted by Gasteiger charge is 2.62. The van der Waals surface area contributed by atoms with E-state index in [2.05, 4.69) is 67.0 Å². The van der Waals surface area contributed by atoms with Crippen molar-refractivity contribution in [3.05, 3.63) is 82.7 Å². The normalized spacial score (nSPS) is 32.5. The molecule has 0 radical (unpaired) electrons. The zero-order valence-electron chi connectivity index (χ0n) is 22.1. The standard InChI is InChI=1S/C33H36N2O2/c1-32-21-29(22-7-10-25(11-8-22)35(2)3)31-27-14-12-26(36)20-23(27)9-13-28(31)30(32)16-18-33(32,37)17-15-24-6-4-5-19-34-24/h4-8,10-11,19-20,28-30,37H,9,12-14,16,18,21H2,1-3H3/t28-,29+,30-,32-,33-/m0/s1. The number of hydrogen-bond donors (Lipinski definition) is 1. The van der Waals surface area contributed by atoms with E-state index in [-0.39, 0.29) is 17.1 Å². The molecule has 2 aromatic rings. The van der Waals surface area contributed by atoms with E-state index < -0.39 is 5.60 Å². The van der Waals surface area contributed by atoms with E-state index in [4.69, 9.17) is 0 Å². The summed E-state index contributed by atoms with van der Waals surface area (Å²) in [5, 5.41) is 12.2. The number of carbonyl (C=O) groups excluding carboxylic acids is 1. The molecule has 2 fully saturated rings. The lowest BCUT2D eigenvalue weighted by Crippen LogP contribution is -2.51. The third-order valence-corrected chi connectivity index (χ3v) is 9.76. The second-order valence-corrected chi connectivity index (χ2v) is 11.8. The van der Waals surface area contributed by atoms with Crippen molar-refractivity contribution in [2.75, 3.05) is 19.0 Å². The van der Waals surface area contributed by atoms with Crippen LogP contribution < -0.4 is 4.90 Å². The maximum absolute atomic E-state index is 12.3. The summed E-state index contributed by atoms with van der Waals surface area (Å²) in [6.45, 7) is 2.29. The summed E-state index contributed by atoms with van der Waals surface area (Å²) in [5.74, 6) is 7.83. The number of nitrogens with zero attached hydrogens (tertiary/aromatic N) is 2. The molecule has 0 unspecified atom stereocenters. The summed E-state index contributed by atoms with van der Waals surface area (Å²) in [5.41, 5.74) is 6.08. The number of carbonyl (C=O) groups is 1. The van der Waals surface area contributed by atoms with Crippen molar-refractivity contribution in [3.63, 3.8) is 0 Å². The van der Waals surface area contributed by atoms with E-state index in [9.17, 15) is 9.90 Å². The predicted octanol–water partition coefficient (Wildman–Crippen LogP) is 5.83. The molecule has 4 aliphatic carbocycles. The highest BCUT2D eigenvalue weighted by Crippen LogP contribution is 2.66. The second kappa shape index (κ2) is 8.99. The fourth-order valence-electron chi connectivity index (χ4n) is 7.78. The van der Waals surface area contributed by atoms with Gasteiger partial charge in [0.05, 0.1) is 0 Å². The molecule has 1 heterocycles. The third-order valence-electron chi connectivity index (χ3n) is 9.76. The Morgan fingerprint density at radius 1 is 1.05 bits per heavy atom. The predicted molar refractivity (Wildman–Crippen MR) is 147 cm³/mol. The summed E-state index contributed by atoms with van der Waals surface area (Å²) in [4.78, 5) is 18.8. The first kappa shape index (κ1) is 24.2. The van der Waals surface area contributed by atoms with Crippen LogP contribution in [0.3, 0.4) is 0 Å². The molecule has 4 nitrogen and oxygen atoms in total. The van der Waals surface area contributed by atoms with Gasteiger partial charge in [-0.1, -0.05) is 36.6 Å². The fourth-order valence-corrected chi connectivity index (χ4v) is 7.78. The number of allylic oxidation sites excluding steroid dienone is 4. The minimum Gasteiger partial charge on any atom is -0.378 e. The number of anilines is 1. The van der Waals surface area contributed by atoms with Gasteiger partial charge in [-0.25, -0.2) is 4.98 Å². The van der Waals surface area contributed by atoms with Gasteiger partial charge in [-0.15, -0.1) is 0 Å². The van der Waals surface area contributed by atoms with Crippen LogP contribution in [0.15, 0.2) is 71.5 Å². The Hall–Kier alpha value is -3.16. The molecule has 1 aromatic heterocycles. The maximum Gasteiger partial charge on any atom is 0.156 e. The van der Waals surface area contributed by atoms with E-state index >= 15 is 0 Å². The minimum absolute atomic E-state index is 0.218. The molecular weight excluding hydrogens is 456 g/mol. The molecule has 0 aliphatic heterocycles. The van der Waals surface area contributed by atoms with E-state index in [1.165, 1.54) is 22.4 Å². The van der Waals surface area contributed by atoms with Gasteiger partial charge >= 0.3 is 0 Å². The summed E-state index contributed by atoms with van der Waals surface area (Å²) in [7, 11) is 4.13. The lowest BCUT2D eigenvalue weighted by atomic mass is 9.51. The topological polar surface area (TPSA) is 53.4 Å². The van der Waals surface area contributed by atoms with E-state index in [0.29, 0.717) is 30.4 Å². The van der Waals surface area contributed by atoms with Crippen molar-refractivity contribution in [2.24, 2.45) is 17.3 Å². The number of aliphatic hydroxyl groups is 1. The van der Waals surface area contributed by atoms with Crippen LogP contribution in [0.25, 0.3) is 0 Å². The van der Waals surface area contributed by atoms with Gasteiger partial charge in [-0.05, 0) is 103 Å². The van der Waals surface area contributed by atoms with E-state index in [1.54, 1.807) is 11.8 Å². The monoisotopic (exact) mass is 492 g/mol. The zero-order chi connectivity index (χ0) is 25.8. The molecule has 0 saturated heterocycles. The lowest BCUT2D eigenvalue weighted by Gasteiger charge is -2.53. The highest BCUT2D eigenvalue weighted by atomic mass is 16.3. The Bertz CT molecular complexity index is 1340. The van der Waals surface area contributed by atoms with Crippen molar-refractivity contribution in [1.29, 1.82) is 0 Å². The van der Waals surface area contributed by atoms with Crippen LogP contribution in [-0.2, 0) is 4.79 Å². The van der Waals surface area contributed by atoms with Gasteiger partial charge in [0.2, 0.25) is 0 Å². The average Bonchev–Trinajstić information content (AvgIpc) is 3.17. The van der Waals surface area contributed by atoms with Crippen LogP contribution in [0.4, 0.5) is 5.69 Å². The summed E-state index contributed by atoms with van der Waals surface area (Å²) < 4.78 is 0. The fraction of sp³-hybridized carbons (Fsp3) is 0.455. The Balaban J connectivity index is 1.46. The van der Waals surface area contributed by atoms with Crippen molar-refractivity contribution in [2.45, 2.75) is 63.4 Å². The van der Waals surface area contributed by atoms with Gasteiger partial charge in [0.1, 0.15) is 11.3 Å². The first-order valence-electron chi connectivity index (χ1n) is 13.7. The first-order chi connectivity index (χ1) is 17.8. The van der Waals surface area contributed by atoms with Crippen LogP contribution in [0, 0.1) is 29.1 Å². The number of hydrogen-bond acceptors (Lipinski definition) is 4. The van der Waals surface area contributed by atoms with Gasteiger partial charge in [-0.3, -0.25) is 4.79 Å². The number of rotatable bonds is 2. The van der Waals surface area contributed by atoms with E-state index in [0.717, 1.165) is 32.1 Å². The van der Waals surface area contributed by atoms with Crippen molar-refractivity contribution >= 4 is 11.5 Å². The molecule has 0 bridgehead atoms. The maximum atomic E-state index is 12.3. The van der Waals surface area contributed by atoms with Gasteiger partial charge in [-0.2, -0.15) is 0 Å². The smallest absolute Gasteiger partial charge is 0.156 e. The number of ketones is 1. The Labute approximate surface area is 220 Å². The van der Waals surface area contributed by atoms with Crippen LogP contribution in [0.2, 0.25) is 0 Å². The third kappa shape index (κ3) is 3.96. The molecule has 0 spiro atoms. The largest absolute Gasteiger partial charge is 0.378 e. The molecule has 190 valence electrons. The molecule has 2 saturated carbocycles. The average molecular weight is 493 g/mol. The van der Waals surface area contributed by atoms with Crippen LogP contribution in [-0.4, -0.2) is 35.6 Å². The Morgan fingerprint density at radius 2 is 1.86 bits per heavy atom. The number of fused-ring (bicyclic) bond motifs is 4. The highest BCUT2D eigenvalue weighted by molar-refractivity contribution is 5.93. The Morgan fingerprint density at radius 3 is 2.59 bits per heavy atom. The molecule has 6 rings (SSSR count). The summed E-state index contributed by atoms with van der Waals surface area (Å²) in [6.07, 6.45) is 9.70. The van der Waals surface area contributed by atoms with Crippen LogP contribution >= 0.6 is 0 Å². The van der Waals surface area contributed by atoms with Gasteiger partial charge in [0, 0.05) is 43.7 Å². The van der Waals surface area contributed by atoms with Gasteiger partial charge < -0.3 is 10.0 Å². The molecule has 4 heteroatoms. The SMILES string of the molecule is CN(C)c1ccc([C@H]2C[C@@]3(C)[C@@H](CC[C@@]3(O)C#Cc3ccccn3)[C@@H]3CCC4=CC(=O)CCC4=C32)cc1. The second-order valence-electron chi connectivity index (χ2n) is 11.8. The molecule has 0 amide bonds. The van der Waals surface area contributed by atoms with Crippen molar-refractivity contribution in [1.82, 2.24) is 4.98 Å². The van der Waals surface area contributed by atoms with Gasteiger partial charge in [0.25, 0.3) is 0 Å². The molecular formula is C33H36N2O2. The molecule has 4 aliphatic rings. The van der Waals surface area contributed by atoms with Crippen LogP contribution in [0.1, 0.15) is 69.0 Å². The lowest BCUT2D eigenvalue weighted by molar-refractivity contribution is -0.114. The molecule has 1 aromatic carbocycles. The Kier molecular flexibility index (Phi) is 5.88.